The lowest BCUT2D eigenvalue weighted by atomic mass is 9.81. The van der Waals surface area contributed by atoms with E-state index >= 15 is 0 Å². The van der Waals surface area contributed by atoms with E-state index in [1.165, 1.54) is 32.1 Å². The smallest absolute Gasteiger partial charge is 0.164 e. The molecule has 1 aliphatic carbocycles. The molecule has 0 saturated heterocycles. The van der Waals surface area contributed by atoms with E-state index in [1.54, 1.807) is 0 Å². The van der Waals surface area contributed by atoms with Crippen LogP contribution in [0.2, 0.25) is 0 Å². The van der Waals surface area contributed by atoms with Gasteiger partial charge in [-0.05, 0) is 18.8 Å². The Morgan fingerprint density at radius 3 is 2.20 bits per heavy atom. The molecule has 0 aromatic carbocycles. The SMILES string of the molecule is CCC(O)(CC)C(=O)CC1CCCCC1. The topological polar surface area (TPSA) is 37.3 Å². The summed E-state index contributed by atoms with van der Waals surface area (Å²) in [5, 5.41) is 10.1. The van der Waals surface area contributed by atoms with Gasteiger partial charge in [-0.15, -0.1) is 0 Å². The standard InChI is InChI=1S/C13H24O2/c1-3-13(15,4-2)12(14)10-11-8-6-5-7-9-11/h11,15H,3-10H2,1-2H3. The first kappa shape index (κ1) is 12.7. The van der Waals surface area contributed by atoms with Crippen LogP contribution in [0.15, 0.2) is 0 Å². The monoisotopic (exact) mass is 212 g/mol. The van der Waals surface area contributed by atoms with Crippen molar-refractivity contribution in [2.75, 3.05) is 0 Å². The Labute approximate surface area is 93.1 Å². The van der Waals surface area contributed by atoms with Gasteiger partial charge in [0.15, 0.2) is 5.78 Å². The molecule has 0 unspecified atom stereocenters. The van der Waals surface area contributed by atoms with E-state index in [9.17, 15) is 9.90 Å². The zero-order valence-electron chi connectivity index (χ0n) is 10.1. The molecular formula is C13H24O2. The van der Waals surface area contributed by atoms with Gasteiger partial charge in [0.25, 0.3) is 0 Å². The van der Waals surface area contributed by atoms with Crippen LogP contribution in [-0.4, -0.2) is 16.5 Å². The third-order valence-electron chi connectivity index (χ3n) is 3.89. The molecule has 1 aliphatic rings. The minimum absolute atomic E-state index is 0.0689. The summed E-state index contributed by atoms with van der Waals surface area (Å²) >= 11 is 0. The van der Waals surface area contributed by atoms with Gasteiger partial charge in [-0.1, -0.05) is 46.0 Å². The van der Waals surface area contributed by atoms with Crippen LogP contribution in [0.25, 0.3) is 0 Å². The molecule has 88 valence electrons. The Hall–Kier alpha value is -0.370. The molecule has 1 fully saturated rings. The molecule has 2 nitrogen and oxygen atoms in total. The van der Waals surface area contributed by atoms with E-state index in [-0.39, 0.29) is 5.78 Å². The second kappa shape index (κ2) is 5.64. The van der Waals surface area contributed by atoms with Crippen LogP contribution >= 0.6 is 0 Å². The van der Waals surface area contributed by atoms with Gasteiger partial charge >= 0.3 is 0 Å². The van der Waals surface area contributed by atoms with E-state index in [2.05, 4.69) is 0 Å². The summed E-state index contributed by atoms with van der Waals surface area (Å²) in [4.78, 5) is 11.9. The average molecular weight is 212 g/mol. The minimum Gasteiger partial charge on any atom is -0.382 e. The van der Waals surface area contributed by atoms with Gasteiger partial charge < -0.3 is 5.11 Å². The van der Waals surface area contributed by atoms with Crippen LogP contribution < -0.4 is 0 Å². The zero-order valence-corrected chi connectivity index (χ0v) is 10.1. The van der Waals surface area contributed by atoms with Crippen molar-refractivity contribution in [2.24, 2.45) is 5.92 Å². The number of rotatable bonds is 5. The number of hydrogen-bond acceptors (Lipinski definition) is 2. The molecule has 0 aromatic rings. The maximum Gasteiger partial charge on any atom is 0.164 e. The third-order valence-corrected chi connectivity index (χ3v) is 3.89. The van der Waals surface area contributed by atoms with Crippen molar-refractivity contribution >= 4 is 5.78 Å². The van der Waals surface area contributed by atoms with Crippen LogP contribution in [0, 0.1) is 5.92 Å². The van der Waals surface area contributed by atoms with Gasteiger partial charge in [-0.25, -0.2) is 0 Å². The third kappa shape index (κ3) is 3.30. The lowest BCUT2D eigenvalue weighted by Gasteiger charge is -2.27. The molecule has 2 heteroatoms. The Morgan fingerprint density at radius 2 is 1.73 bits per heavy atom. The number of carbonyl (C=O) groups is 1. The molecule has 0 aliphatic heterocycles. The highest BCUT2D eigenvalue weighted by molar-refractivity contribution is 5.87. The predicted octanol–water partition coefficient (Wildman–Crippen LogP) is 3.08. The highest BCUT2D eigenvalue weighted by Crippen LogP contribution is 2.29. The summed E-state index contributed by atoms with van der Waals surface area (Å²) in [7, 11) is 0. The quantitative estimate of drug-likeness (QED) is 0.760. The van der Waals surface area contributed by atoms with Crippen LogP contribution in [0.4, 0.5) is 0 Å². The first-order valence-electron chi connectivity index (χ1n) is 6.38. The van der Waals surface area contributed by atoms with Crippen molar-refractivity contribution in [1.82, 2.24) is 0 Å². The highest BCUT2D eigenvalue weighted by Gasteiger charge is 2.33. The number of Topliss-reactive ketones (excluding diaryl/α,β-unsaturated/α-hetero) is 1. The second-order valence-corrected chi connectivity index (χ2v) is 4.87. The van der Waals surface area contributed by atoms with E-state index in [1.807, 2.05) is 13.8 Å². The lowest BCUT2D eigenvalue weighted by molar-refractivity contribution is -0.139. The summed E-state index contributed by atoms with van der Waals surface area (Å²) in [5.41, 5.74) is -1.04. The van der Waals surface area contributed by atoms with Crippen LogP contribution in [0.3, 0.4) is 0 Å². The first-order chi connectivity index (χ1) is 7.12. The van der Waals surface area contributed by atoms with Crippen molar-refractivity contribution in [3.8, 4) is 0 Å². The van der Waals surface area contributed by atoms with E-state index < -0.39 is 5.60 Å². The normalized spacial score (nSPS) is 19.1. The van der Waals surface area contributed by atoms with Crippen LogP contribution in [-0.2, 0) is 4.79 Å². The maximum absolute atomic E-state index is 11.9. The van der Waals surface area contributed by atoms with Crippen LogP contribution in [0.1, 0.15) is 65.2 Å². The van der Waals surface area contributed by atoms with Gasteiger partial charge in [-0.2, -0.15) is 0 Å². The summed E-state index contributed by atoms with van der Waals surface area (Å²) < 4.78 is 0. The van der Waals surface area contributed by atoms with Crippen molar-refractivity contribution < 1.29 is 9.90 Å². The van der Waals surface area contributed by atoms with E-state index in [0.29, 0.717) is 25.2 Å². The lowest BCUT2D eigenvalue weighted by Crippen LogP contribution is -2.38. The fourth-order valence-electron chi connectivity index (χ4n) is 2.49. The molecule has 0 bridgehead atoms. The van der Waals surface area contributed by atoms with E-state index in [4.69, 9.17) is 0 Å². The fraction of sp³-hybridized carbons (Fsp3) is 0.923. The van der Waals surface area contributed by atoms with Gasteiger partial charge in [-0.3, -0.25) is 4.79 Å². The zero-order chi connectivity index (χ0) is 11.3. The van der Waals surface area contributed by atoms with Crippen LogP contribution in [0.5, 0.6) is 0 Å². The molecule has 0 atom stereocenters. The van der Waals surface area contributed by atoms with Gasteiger partial charge in [0.1, 0.15) is 5.60 Å². The summed E-state index contributed by atoms with van der Waals surface area (Å²) in [6.45, 7) is 3.78. The van der Waals surface area contributed by atoms with Crippen molar-refractivity contribution in [2.45, 2.75) is 70.8 Å². The Morgan fingerprint density at radius 1 is 1.20 bits per heavy atom. The van der Waals surface area contributed by atoms with Crippen molar-refractivity contribution in [3.05, 3.63) is 0 Å². The number of carbonyl (C=O) groups excluding carboxylic acids is 1. The van der Waals surface area contributed by atoms with Crippen molar-refractivity contribution in [1.29, 1.82) is 0 Å². The molecule has 1 saturated carbocycles. The van der Waals surface area contributed by atoms with Gasteiger partial charge in [0.05, 0.1) is 0 Å². The Kier molecular flexibility index (Phi) is 4.78. The highest BCUT2D eigenvalue weighted by atomic mass is 16.3. The molecule has 0 amide bonds. The first-order valence-corrected chi connectivity index (χ1v) is 6.38. The summed E-state index contributed by atoms with van der Waals surface area (Å²) in [5.74, 6) is 0.607. The molecule has 0 radical (unpaired) electrons. The Balaban J connectivity index is 2.45. The Bertz CT molecular complexity index is 201. The second-order valence-electron chi connectivity index (χ2n) is 4.87. The van der Waals surface area contributed by atoms with E-state index in [0.717, 1.165) is 0 Å². The molecule has 0 spiro atoms. The summed E-state index contributed by atoms with van der Waals surface area (Å²) in [6.07, 6.45) is 7.88. The molecule has 1 N–H and O–H groups in total. The molecule has 0 heterocycles. The largest absolute Gasteiger partial charge is 0.382 e. The number of ketones is 1. The van der Waals surface area contributed by atoms with Gasteiger partial charge in [0, 0.05) is 6.42 Å². The van der Waals surface area contributed by atoms with Gasteiger partial charge in [0.2, 0.25) is 0 Å². The number of hydrogen-bond donors (Lipinski definition) is 1. The predicted molar refractivity (Wildman–Crippen MR) is 61.7 cm³/mol. The van der Waals surface area contributed by atoms with Crippen molar-refractivity contribution in [3.63, 3.8) is 0 Å². The average Bonchev–Trinajstić information content (AvgIpc) is 2.29. The fourth-order valence-corrected chi connectivity index (χ4v) is 2.49. The minimum atomic E-state index is -1.04. The molecule has 1 rings (SSSR count). The molecule has 15 heavy (non-hydrogen) atoms. The molecule has 0 aromatic heterocycles. The maximum atomic E-state index is 11.9. The number of aliphatic hydroxyl groups is 1. The molecular weight excluding hydrogens is 188 g/mol. The summed E-state index contributed by atoms with van der Waals surface area (Å²) in [6, 6.07) is 0.